The Bertz CT molecular complexity index is 308. The number of halogens is 1. The van der Waals surface area contributed by atoms with Gasteiger partial charge in [-0.1, -0.05) is 36.7 Å². The molecule has 14 heavy (non-hydrogen) atoms. The minimum atomic E-state index is 0.375. The highest BCUT2D eigenvalue weighted by molar-refractivity contribution is 7.99. The molecule has 1 N–H and O–H groups in total. The second-order valence-electron chi connectivity index (χ2n) is 3.75. The predicted molar refractivity (Wildman–Crippen MR) is 63.8 cm³/mol. The lowest BCUT2D eigenvalue weighted by Gasteiger charge is -2.28. The minimum Gasteiger partial charge on any atom is -0.301 e. The fraction of sp³-hybridized carbons (Fsp3) is 0.455. The van der Waals surface area contributed by atoms with Crippen molar-refractivity contribution in [3.63, 3.8) is 0 Å². The van der Waals surface area contributed by atoms with Crippen LogP contribution in [0.3, 0.4) is 0 Å². The predicted octanol–water partition coefficient (Wildman–Crippen LogP) is 3.31. The first-order valence-corrected chi connectivity index (χ1v) is 6.29. The normalized spacial score (nSPS) is 27.6. The molecule has 1 nitrogen and oxygen atoms in total. The van der Waals surface area contributed by atoms with Gasteiger partial charge in [0.2, 0.25) is 0 Å². The molecule has 0 saturated carbocycles. The van der Waals surface area contributed by atoms with Crippen molar-refractivity contribution in [2.75, 3.05) is 12.3 Å². The number of thioether (sulfide) groups is 1. The smallest absolute Gasteiger partial charge is 0.0804 e. The molecule has 0 radical (unpaired) electrons. The summed E-state index contributed by atoms with van der Waals surface area (Å²) in [5.74, 6) is 1.97. The highest BCUT2D eigenvalue weighted by Crippen LogP contribution is 2.34. The first kappa shape index (κ1) is 10.3. The van der Waals surface area contributed by atoms with Gasteiger partial charge in [-0.05, 0) is 29.8 Å². The first-order chi connectivity index (χ1) is 6.77. The zero-order valence-electron chi connectivity index (χ0n) is 8.16. The second kappa shape index (κ2) is 4.56. The molecule has 1 aromatic carbocycles. The van der Waals surface area contributed by atoms with Crippen LogP contribution < -0.4 is 5.32 Å². The van der Waals surface area contributed by atoms with E-state index in [0.717, 1.165) is 17.5 Å². The molecule has 0 amide bonds. The van der Waals surface area contributed by atoms with Gasteiger partial charge in [0.1, 0.15) is 0 Å². The zero-order chi connectivity index (χ0) is 9.97. The summed E-state index contributed by atoms with van der Waals surface area (Å²) in [5, 5.41) is 4.75. The number of hydrogen-bond donors (Lipinski definition) is 1. The van der Waals surface area contributed by atoms with E-state index < -0.39 is 0 Å². The molecule has 0 spiro atoms. The van der Waals surface area contributed by atoms with Gasteiger partial charge in [0, 0.05) is 5.02 Å². The minimum absolute atomic E-state index is 0.375. The summed E-state index contributed by atoms with van der Waals surface area (Å²) in [6, 6.07) is 8.07. The van der Waals surface area contributed by atoms with Crippen molar-refractivity contribution in [3.8, 4) is 0 Å². The molecule has 1 aliphatic heterocycles. The lowest BCUT2D eigenvalue weighted by molar-refractivity contribution is 0.529. The molecule has 0 aromatic heterocycles. The molecule has 2 unspecified atom stereocenters. The lowest BCUT2D eigenvalue weighted by Crippen LogP contribution is -2.31. The van der Waals surface area contributed by atoms with E-state index in [2.05, 4.69) is 18.3 Å². The maximum atomic E-state index is 6.14. The molecular formula is C11H14ClNS. The molecule has 1 aromatic rings. The summed E-state index contributed by atoms with van der Waals surface area (Å²) >= 11 is 8.08. The first-order valence-electron chi connectivity index (χ1n) is 4.87. The Labute approximate surface area is 94.2 Å². The molecule has 0 bridgehead atoms. The van der Waals surface area contributed by atoms with E-state index >= 15 is 0 Å². The van der Waals surface area contributed by atoms with Gasteiger partial charge in [0.15, 0.2) is 0 Å². The van der Waals surface area contributed by atoms with Gasteiger partial charge in [0.25, 0.3) is 0 Å². The average molecular weight is 228 g/mol. The van der Waals surface area contributed by atoms with Crippen LogP contribution >= 0.6 is 23.4 Å². The van der Waals surface area contributed by atoms with E-state index in [1.54, 1.807) is 0 Å². The Kier molecular flexibility index (Phi) is 3.37. The molecule has 76 valence electrons. The molecule has 1 heterocycles. The third-order valence-corrected chi connectivity index (χ3v) is 4.25. The van der Waals surface area contributed by atoms with Crippen molar-refractivity contribution in [1.82, 2.24) is 5.32 Å². The highest BCUT2D eigenvalue weighted by Gasteiger charge is 2.20. The number of rotatable bonds is 1. The third kappa shape index (κ3) is 2.25. The topological polar surface area (TPSA) is 12.0 Å². The maximum Gasteiger partial charge on any atom is 0.0804 e. The van der Waals surface area contributed by atoms with Gasteiger partial charge in [-0.3, -0.25) is 0 Å². The zero-order valence-corrected chi connectivity index (χ0v) is 9.74. The van der Waals surface area contributed by atoms with E-state index in [9.17, 15) is 0 Å². The Balaban J connectivity index is 2.12. The highest BCUT2D eigenvalue weighted by atomic mass is 35.5. The van der Waals surface area contributed by atoms with Gasteiger partial charge < -0.3 is 5.32 Å². The Hall–Kier alpha value is -0.180. The Morgan fingerprint density at radius 1 is 1.43 bits per heavy atom. The van der Waals surface area contributed by atoms with Crippen molar-refractivity contribution in [2.24, 2.45) is 5.92 Å². The standard InChI is InChI=1S/C11H14ClNS/c1-8-6-13-11(14-7-8)9-4-2-3-5-10(9)12/h2-5,8,11,13H,6-7H2,1H3. The molecule has 2 rings (SSSR count). The van der Waals surface area contributed by atoms with E-state index in [1.807, 2.05) is 30.0 Å². The number of nitrogens with one attached hydrogen (secondary N) is 1. The van der Waals surface area contributed by atoms with Crippen LogP contribution in [0.1, 0.15) is 17.9 Å². The largest absolute Gasteiger partial charge is 0.301 e. The second-order valence-corrected chi connectivity index (χ2v) is 5.29. The monoisotopic (exact) mass is 227 g/mol. The lowest BCUT2D eigenvalue weighted by atomic mass is 10.2. The number of hydrogen-bond acceptors (Lipinski definition) is 2. The number of benzene rings is 1. The quantitative estimate of drug-likeness (QED) is 0.790. The van der Waals surface area contributed by atoms with Crippen LogP contribution in [0.4, 0.5) is 0 Å². The average Bonchev–Trinajstić information content (AvgIpc) is 2.20. The molecule has 1 aliphatic rings. The maximum absolute atomic E-state index is 6.14. The molecule has 2 atom stereocenters. The van der Waals surface area contributed by atoms with Crippen LogP contribution in [-0.4, -0.2) is 12.3 Å². The van der Waals surface area contributed by atoms with Crippen LogP contribution in [0.25, 0.3) is 0 Å². The van der Waals surface area contributed by atoms with E-state index in [0.29, 0.717) is 5.37 Å². The van der Waals surface area contributed by atoms with Gasteiger partial charge in [-0.15, -0.1) is 11.8 Å². The fourth-order valence-electron chi connectivity index (χ4n) is 1.57. The van der Waals surface area contributed by atoms with Crippen molar-refractivity contribution in [1.29, 1.82) is 0 Å². The van der Waals surface area contributed by atoms with E-state index in [-0.39, 0.29) is 0 Å². The molecule has 1 fully saturated rings. The molecule has 0 aliphatic carbocycles. The SMILES string of the molecule is CC1CNC(c2ccccc2Cl)SC1. The molecular weight excluding hydrogens is 214 g/mol. The third-order valence-electron chi connectivity index (χ3n) is 2.39. The summed E-state index contributed by atoms with van der Waals surface area (Å²) in [7, 11) is 0. The Morgan fingerprint density at radius 2 is 2.21 bits per heavy atom. The summed E-state index contributed by atoms with van der Waals surface area (Å²) in [6.45, 7) is 3.35. The fourth-order valence-corrected chi connectivity index (χ4v) is 3.12. The van der Waals surface area contributed by atoms with Gasteiger partial charge in [0.05, 0.1) is 5.37 Å². The summed E-state index contributed by atoms with van der Waals surface area (Å²) in [5.41, 5.74) is 1.21. The van der Waals surface area contributed by atoms with Gasteiger partial charge in [-0.25, -0.2) is 0 Å². The summed E-state index contributed by atoms with van der Waals surface area (Å²) in [6.07, 6.45) is 0. The summed E-state index contributed by atoms with van der Waals surface area (Å²) in [4.78, 5) is 0. The van der Waals surface area contributed by atoms with Crippen LogP contribution in [0.15, 0.2) is 24.3 Å². The van der Waals surface area contributed by atoms with Crippen LogP contribution in [0.5, 0.6) is 0 Å². The van der Waals surface area contributed by atoms with Crippen LogP contribution in [0.2, 0.25) is 5.02 Å². The van der Waals surface area contributed by atoms with Crippen molar-refractivity contribution >= 4 is 23.4 Å². The van der Waals surface area contributed by atoms with E-state index in [1.165, 1.54) is 11.3 Å². The van der Waals surface area contributed by atoms with Gasteiger partial charge in [-0.2, -0.15) is 0 Å². The summed E-state index contributed by atoms with van der Waals surface area (Å²) < 4.78 is 0. The molecule has 3 heteroatoms. The van der Waals surface area contributed by atoms with Crippen LogP contribution in [-0.2, 0) is 0 Å². The van der Waals surface area contributed by atoms with Crippen molar-refractivity contribution in [2.45, 2.75) is 12.3 Å². The van der Waals surface area contributed by atoms with Crippen molar-refractivity contribution in [3.05, 3.63) is 34.9 Å². The van der Waals surface area contributed by atoms with Crippen molar-refractivity contribution < 1.29 is 0 Å². The van der Waals surface area contributed by atoms with E-state index in [4.69, 9.17) is 11.6 Å². The van der Waals surface area contributed by atoms with Gasteiger partial charge >= 0.3 is 0 Å². The Morgan fingerprint density at radius 3 is 2.86 bits per heavy atom. The molecule has 1 saturated heterocycles. The van der Waals surface area contributed by atoms with Crippen LogP contribution in [0, 0.1) is 5.92 Å².